The normalized spacial score (nSPS) is 13.8. The van der Waals surface area contributed by atoms with Crippen LogP contribution in [-0.4, -0.2) is 71.0 Å². The molecule has 6 N–H and O–H groups in total. The molecule has 58 heavy (non-hydrogen) atoms. The molecular weight excluding hydrogens is 735 g/mol. The number of carbonyl (C=O) groups excluding carboxylic acids is 2. The molecule has 6 aromatic rings. The van der Waals surface area contributed by atoms with Gasteiger partial charge in [-0.25, -0.2) is 4.79 Å². The number of aromatic nitrogens is 1. The number of phenolic OH excluding ortho intramolecular Hbond substituents is 1. The highest BCUT2D eigenvalue weighted by Gasteiger charge is 2.23. The standard InChI is InChI=1S/C46H47N5O7/c52-41-20-18-38(39-19-21-43(54)50-45(39)41)42(53)29-47-28-32-12-16-35(17-13-32)57-30-44(55)48-34-14-10-31(11-15-34)22-25-51-26-23-36(24-27-51)58-46(56)49-40-9-5-4-8-37(40)33-6-2-1-3-7-33/h1-21,36,42,47,52-53H,22-30H2,(H,48,55)(H,49,56)(H,50,54)/t42-/m0/s1. The maximum atomic E-state index is 12.8. The van der Waals surface area contributed by atoms with Crippen molar-refractivity contribution in [3.05, 3.63) is 154 Å². The minimum Gasteiger partial charge on any atom is -0.506 e. The van der Waals surface area contributed by atoms with Crippen LogP contribution >= 0.6 is 0 Å². The van der Waals surface area contributed by atoms with Crippen LogP contribution in [0.2, 0.25) is 0 Å². The number of nitrogens with zero attached hydrogens (tertiary/aromatic N) is 1. The van der Waals surface area contributed by atoms with Crippen LogP contribution < -0.4 is 26.2 Å². The van der Waals surface area contributed by atoms with Crippen LogP contribution in [-0.2, 0) is 22.5 Å². The van der Waals surface area contributed by atoms with Gasteiger partial charge in [0.2, 0.25) is 5.56 Å². The minimum absolute atomic E-state index is 0.0550. The number of aromatic amines is 1. The fourth-order valence-corrected chi connectivity index (χ4v) is 7.11. The summed E-state index contributed by atoms with van der Waals surface area (Å²) in [6.45, 7) is 3.19. The smallest absolute Gasteiger partial charge is 0.411 e. The lowest BCUT2D eigenvalue weighted by atomic mass is 10.0. The maximum Gasteiger partial charge on any atom is 0.411 e. The summed E-state index contributed by atoms with van der Waals surface area (Å²) in [6.07, 6.45) is 1.00. The first-order valence-electron chi connectivity index (χ1n) is 19.5. The van der Waals surface area contributed by atoms with E-state index in [4.69, 9.17) is 9.47 Å². The van der Waals surface area contributed by atoms with E-state index in [1.807, 2.05) is 91.0 Å². The molecule has 0 spiro atoms. The van der Waals surface area contributed by atoms with Crippen molar-refractivity contribution in [3.63, 3.8) is 0 Å². The topological polar surface area (TPSA) is 165 Å². The van der Waals surface area contributed by atoms with E-state index in [0.717, 1.165) is 61.3 Å². The summed E-state index contributed by atoms with van der Waals surface area (Å²) in [5, 5.41) is 30.5. The van der Waals surface area contributed by atoms with Crippen molar-refractivity contribution < 1.29 is 29.3 Å². The molecule has 1 aliphatic rings. The maximum absolute atomic E-state index is 12.8. The number of ether oxygens (including phenoxy) is 2. The van der Waals surface area contributed by atoms with E-state index >= 15 is 0 Å². The summed E-state index contributed by atoms with van der Waals surface area (Å²) < 4.78 is 11.5. The van der Waals surface area contributed by atoms with Crippen molar-refractivity contribution in [1.82, 2.24) is 15.2 Å². The Balaban J connectivity index is 0.775. The molecule has 1 aromatic heterocycles. The number of H-pyrrole nitrogens is 1. The number of aliphatic hydroxyl groups excluding tert-OH is 1. The quantitative estimate of drug-likeness (QED) is 0.0644. The van der Waals surface area contributed by atoms with Gasteiger partial charge in [0.25, 0.3) is 5.91 Å². The number of pyridine rings is 1. The Morgan fingerprint density at radius 2 is 1.53 bits per heavy atom. The average Bonchev–Trinajstić information content (AvgIpc) is 3.24. The highest BCUT2D eigenvalue weighted by molar-refractivity contribution is 5.92. The number of phenols is 1. The van der Waals surface area contributed by atoms with Crippen molar-refractivity contribution in [2.75, 3.05) is 43.4 Å². The average molecular weight is 782 g/mol. The van der Waals surface area contributed by atoms with Crippen LogP contribution in [0.4, 0.5) is 16.2 Å². The Kier molecular flexibility index (Phi) is 13.1. The molecule has 1 atom stereocenters. The molecule has 7 rings (SSSR count). The molecule has 0 unspecified atom stereocenters. The molecule has 0 radical (unpaired) electrons. The van der Waals surface area contributed by atoms with Crippen LogP contribution in [0.3, 0.4) is 0 Å². The van der Waals surface area contributed by atoms with E-state index in [1.54, 1.807) is 24.3 Å². The lowest BCUT2D eigenvalue weighted by Gasteiger charge is -2.31. The van der Waals surface area contributed by atoms with E-state index in [-0.39, 0.29) is 36.5 Å². The summed E-state index contributed by atoms with van der Waals surface area (Å²) in [7, 11) is 0. The highest BCUT2D eigenvalue weighted by atomic mass is 16.6. The van der Waals surface area contributed by atoms with Gasteiger partial charge < -0.3 is 40.2 Å². The molecule has 298 valence electrons. The molecule has 0 saturated carbocycles. The lowest BCUT2D eigenvalue weighted by Crippen LogP contribution is -2.39. The number of amides is 2. The van der Waals surface area contributed by atoms with E-state index < -0.39 is 12.2 Å². The van der Waals surface area contributed by atoms with Crippen molar-refractivity contribution in [2.24, 2.45) is 0 Å². The third-order valence-electron chi connectivity index (χ3n) is 10.2. The number of likely N-dealkylation sites (tertiary alicyclic amines) is 1. The fourth-order valence-electron chi connectivity index (χ4n) is 7.11. The Morgan fingerprint density at radius 3 is 2.31 bits per heavy atom. The summed E-state index contributed by atoms with van der Waals surface area (Å²) in [6, 6.07) is 38.9. The first kappa shape index (κ1) is 39.8. The van der Waals surface area contributed by atoms with Gasteiger partial charge in [0.15, 0.2) is 6.61 Å². The second kappa shape index (κ2) is 19.1. The van der Waals surface area contributed by atoms with Gasteiger partial charge in [-0.05, 0) is 84.0 Å². The molecule has 12 heteroatoms. The fraction of sp³-hybridized carbons (Fsp3) is 0.239. The molecule has 1 saturated heterocycles. The number of carbonyl (C=O) groups is 2. The molecule has 2 heterocycles. The molecule has 1 fully saturated rings. The largest absolute Gasteiger partial charge is 0.506 e. The SMILES string of the molecule is O=C(COc1ccc(CNC[C@H](O)c2ccc(O)c3[nH]c(=O)ccc23)cc1)Nc1ccc(CCN2CCC(OC(=O)Nc3ccccc3-c3ccccc3)CC2)cc1. The Hall–Kier alpha value is -6.47. The summed E-state index contributed by atoms with van der Waals surface area (Å²) in [5.74, 6) is 0.236. The molecule has 1 aliphatic heterocycles. The predicted octanol–water partition coefficient (Wildman–Crippen LogP) is 7.00. The zero-order valence-electron chi connectivity index (χ0n) is 32.0. The van der Waals surface area contributed by atoms with Crippen LogP contribution in [0.1, 0.15) is 35.6 Å². The lowest BCUT2D eigenvalue weighted by molar-refractivity contribution is -0.118. The number of anilines is 2. The van der Waals surface area contributed by atoms with Gasteiger partial charge in [0.05, 0.1) is 17.3 Å². The van der Waals surface area contributed by atoms with Gasteiger partial charge >= 0.3 is 6.09 Å². The summed E-state index contributed by atoms with van der Waals surface area (Å²) in [5.41, 5.74) is 6.08. The number of hydrogen-bond acceptors (Lipinski definition) is 9. The number of hydrogen-bond donors (Lipinski definition) is 6. The molecule has 12 nitrogen and oxygen atoms in total. The first-order valence-corrected chi connectivity index (χ1v) is 19.5. The molecule has 0 aliphatic carbocycles. The van der Waals surface area contributed by atoms with Crippen LogP contribution in [0.25, 0.3) is 22.0 Å². The van der Waals surface area contributed by atoms with Crippen molar-refractivity contribution in [1.29, 1.82) is 0 Å². The number of rotatable bonds is 15. The zero-order valence-corrected chi connectivity index (χ0v) is 32.0. The molecule has 0 bridgehead atoms. The Morgan fingerprint density at radius 1 is 0.810 bits per heavy atom. The third-order valence-corrected chi connectivity index (χ3v) is 10.2. The predicted molar refractivity (Wildman–Crippen MR) is 225 cm³/mol. The van der Waals surface area contributed by atoms with Gasteiger partial charge in [-0.3, -0.25) is 14.9 Å². The molecule has 2 amide bonds. The van der Waals surface area contributed by atoms with E-state index in [0.29, 0.717) is 34.4 Å². The van der Waals surface area contributed by atoms with Gasteiger partial charge in [0.1, 0.15) is 17.6 Å². The van der Waals surface area contributed by atoms with Crippen molar-refractivity contribution in [3.8, 4) is 22.6 Å². The number of aromatic hydroxyl groups is 1. The van der Waals surface area contributed by atoms with Crippen molar-refractivity contribution >= 4 is 34.3 Å². The Labute approximate surface area is 336 Å². The van der Waals surface area contributed by atoms with Crippen LogP contribution in [0, 0.1) is 0 Å². The number of aliphatic hydroxyl groups is 1. The van der Waals surface area contributed by atoms with Crippen LogP contribution in [0.5, 0.6) is 11.5 Å². The van der Waals surface area contributed by atoms with Gasteiger partial charge in [-0.2, -0.15) is 0 Å². The van der Waals surface area contributed by atoms with Crippen LogP contribution in [0.15, 0.2) is 132 Å². The van der Waals surface area contributed by atoms with Gasteiger partial charge in [-0.15, -0.1) is 0 Å². The first-order chi connectivity index (χ1) is 28.3. The number of piperidine rings is 1. The monoisotopic (exact) mass is 781 g/mol. The van der Waals surface area contributed by atoms with Gasteiger partial charge in [-0.1, -0.05) is 78.9 Å². The molecular formula is C46H47N5O7. The summed E-state index contributed by atoms with van der Waals surface area (Å²) >= 11 is 0. The Bertz CT molecular complexity index is 2360. The van der Waals surface area contributed by atoms with E-state index in [1.165, 1.54) is 17.7 Å². The molecule has 5 aromatic carbocycles. The second-order valence-corrected chi connectivity index (χ2v) is 14.3. The number of para-hydroxylation sites is 1. The second-order valence-electron chi connectivity index (χ2n) is 14.3. The number of nitrogens with one attached hydrogen (secondary N) is 4. The van der Waals surface area contributed by atoms with Crippen molar-refractivity contribution in [2.45, 2.75) is 38.0 Å². The highest BCUT2D eigenvalue weighted by Crippen LogP contribution is 2.30. The number of benzene rings is 5. The minimum atomic E-state index is -0.861. The zero-order chi connectivity index (χ0) is 40.3. The number of fused-ring (bicyclic) bond motifs is 1. The van der Waals surface area contributed by atoms with Gasteiger partial charge in [0, 0.05) is 55.4 Å². The van der Waals surface area contributed by atoms with E-state index in [2.05, 4.69) is 25.8 Å². The summed E-state index contributed by atoms with van der Waals surface area (Å²) in [4.78, 5) is 42.1. The third kappa shape index (κ3) is 10.7. The van der Waals surface area contributed by atoms with E-state index in [9.17, 15) is 24.6 Å².